The third kappa shape index (κ3) is 4.49. The molecule has 0 aliphatic rings. The first-order valence-electron chi connectivity index (χ1n) is 12.3. The number of fused-ring (bicyclic) bond motifs is 1. The lowest BCUT2D eigenvalue weighted by atomic mass is 9.12. The molecular formula is C28H2BF20-. The first-order chi connectivity index (χ1) is 22.7. The van der Waals surface area contributed by atoms with Crippen molar-refractivity contribution in [2.75, 3.05) is 0 Å². The zero-order valence-corrected chi connectivity index (χ0v) is 22.3. The van der Waals surface area contributed by atoms with Crippen LogP contribution in [-0.4, -0.2) is 6.15 Å². The minimum Gasteiger partial charge on any atom is -0.210 e. The Hall–Kier alpha value is -4.98. The Labute approximate surface area is 255 Å². The Bertz CT molecular complexity index is 2150. The van der Waals surface area contributed by atoms with E-state index in [1.165, 1.54) is 0 Å². The molecule has 0 spiro atoms. The SMILES string of the molecule is Fc1cc(F)c(F)c([B-](c2c(F)c(F)cc(F)c2F)(c2c(F)c(F)c(F)c(F)c2F)c2c(F)c(F)c3c(F)c(F)c(F)c(F)c3c2F)c1F. The van der Waals surface area contributed by atoms with Gasteiger partial charge in [0.25, 0.3) is 0 Å². The second-order valence-electron chi connectivity index (χ2n) is 9.97. The summed E-state index contributed by atoms with van der Waals surface area (Å²) in [5, 5.41) is -5.54. The van der Waals surface area contributed by atoms with Crippen LogP contribution in [0.3, 0.4) is 0 Å². The summed E-state index contributed by atoms with van der Waals surface area (Å²) in [6.07, 6.45) is -7.05. The van der Waals surface area contributed by atoms with Gasteiger partial charge in [0.15, 0.2) is 69.8 Å². The highest BCUT2D eigenvalue weighted by molar-refractivity contribution is 7.20. The second kappa shape index (κ2) is 11.6. The summed E-state index contributed by atoms with van der Waals surface area (Å²) < 4.78 is 302. The van der Waals surface area contributed by atoms with Crippen molar-refractivity contribution in [3.05, 3.63) is 128 Å². The van der Waals surface area contributed by atoms with Gasteiger partial charge >= 0.3 is 0 Å². The van der Waals surface area contributed by atoms with Gasteiger partial charge in [0.1, 0.15) is 52.7 Å². The molecule has 0 aliphatic carbocycles. The molecule has 5 aromatic rings. The molecule has 0 bridgehead atoms. The van der Waals surface area contributed by atoms with E-state index in [1.807, 2.05) is 0 Å². The molecule has 0 heterocycles. The van der Waals surface area contributed by atoms with E-state index >= 15 is 39.5 Å². The molecule has 0 fully saturated rings. The first-order valence-corrected chi connectivity index (χ1v) is 12.3. The maximum absolute atomic E-state index is 16.4. The number of benzene rings is 5. The van der Waals surface area contributed by atoms with Gasteiger partial charge in [-0.2, -0.15) is 0 Å². The largest absolute Gasteiger partial charge is 0.210 e. The van der Waals surface area contributed by atoms with Crippen LogP contribution in [0.5, 0.6) is 0 Å². The summed E-state index contributed by atoms with van der Waals surface area (Å²) in [7, 11) is 0. The summed E-state index contributed by atoms with van der Waals surface area (Å²) in [6.45, 7) is 0. The van der Waals surface area contributed by atoms with E-state index in [9.17, 15) is 48.3 Å². The van der Waals surface area contributed by atoms with Crippen molar-refractivity contribution in [3.8, 4) is 0 Å². The minimum absolute atomic E-state index is 0.854. The predicted molar refractivity (Wildman–Crippen MR) is 127 cm³/mol. The maximum atomic E-state index is 16.4. The van der Waals surface area contributed by atoms with Gasteiger partial charge in [-0.05, 0) is 0 Å². The highest BCUT2D eigenvalue weighted by atomic mass is 19.2. The Morgan fingerprint density at radius 2 is 0.429 bits per heavy atom. The molecule has 49 heavy (non-hydrogen) atoms. The fraction of sp³-hybridized carbons (Fsp3) is 0. The van der Waals surface area contributed by atoms with Crippen molar-refractivity contribution >= 4 is 38.8 Å². The third-order valence-corrected chi connectivity index (χ3v) is 7.64. The van der Waals surface area contributed by atoms with E-state index in [0.717, 1.165) is 0 Å². The molecular weight excluding hydrogens is 727 g/mol. The monoisotopic (exact) mass is 729 g/mol. The Balaban J connectivity index is 2.39. The molecule has 258 valence electrons. The van der Waals surface area contributed by atoms with Gasteiger partial charge in [-0.1, -0.05) is 0 Å². The smallest absolute Gasteiger partial charge is 0.200 e. The molecule has 0 saturated carbocycles. The molecule has 0 amide bonds. The molecule has 5 rings (SSSR count). The molecule has 0 N–H and O–H groups in total. The first kappa shape index (κ1) is 35.3. The fourth-order valence-electron chi connectivity index (χ4n) is 5.69. The lowest BCUT2D eigenvalue weighted by Gasteiger charge is -2.45. The number of hydrogen-bond acceptors (Lipinski definition) is 0. The molecule has 0 nitrogen and oxygen atoms in total. The molecule has 0 aromatic heterocycles. The number of rotatable bonds is 4. The Morgan fingerprint density at radius 3 is 0.776 bits per heavy atom. The summed E-state index contributed by atoms with van der Waals surface area (Å²) >= 11 is 0. The molecule has 0 atom stereocenters. The molecule has 0 aliphatic heterocycles. The van der Waals surface area contributed by atoms with Crippen LogP contribution in [-0.2, 0) is 0 Å². The predicted octanol–water partition coefficient (Wildman–Crippen LogP) is 7.00. The summed E-state index contributed by atoms with van der Waals surface area (Å²) in [6, 6.07) is -1.71. The molecule has 21 heteroatoms. The van der Waals surface area contributed by atoms with Crippen LogP contribution in [0.1, 0.15) is 0 Å². The van der Waals surface area contributed by atoms with E-state index in [0.29, 0.717) is 0 Å². The van der Waals surface area contributed by atoms with Crippen LogP contribution in [0.2, 0.25) is 0 Å². The quantitative estimate of drug-likeness (QED) is 0.0810. The van der Waals surface area contributed by atoms with Crippen molar-refractivity contribution in [2.24, 2.45) is 0 Å². The second-order valence-corrected chi connectivity index (χ2v) is 9.97. The zero-order chi connectivity index (χ0) is 36.9. The van der Waals surface area contributed by atoms with E-state index in [1.54, 1.807) is 0 Å². The highest BCUT2D eigenvalue weighted by Crippen LogP contribution is 2.35. The van der Waals surface area contributed by atoms with Gasteiger partial charge in [0.05, 0.1) is 10.8 Å². The third-order valence-electron chi connectivity index (χ3n) is 7.64. The zero-order valence-electron chi connectivity index (χ0n) is 22.3. The summed E-state index contributed by atoms with van der Waals surface area (Å²) in [5.41, 5.74) is -13.5. The molecule has 5 aromatic carbocycles. The summed E-state index contributed by atoms with van der Waals surface area (Å²) in [5.74, 6) is -65.6. The summed E-state index contributed by atoms with van der Waals surface area (Å²) in [4.78, 5) is 0. The van der Waals surface area contributed by atoms with Gasteiger partial charge in [-0.15, -0.1) is 21.9 Å². The number of halogens is 20. The van der Waals surface area contributed by atoms with E-state index in [-0.39, 0.29) is 0 Å². The molecule has 0 unspecified atom stereocenters. The van der Waals surface area contributed by atoms with Crippen LogP contribution < -0.4 is 21.9 Å². The fourth-order valence-corrected chi connectivity index (χ4v) is 5.69. The van der Waals surface area contributed by atoms with Gasteiger partial charge < -0.3 is 0 Å². The average Bonchev–Trinajstić information content (AvgIpc) is 3.04. The van der Waals surface area contributed by atoms with Gasteiger partial charge in [0, 0.05) is 12.1 Å². The average molecular weight is 729 g/mol. The van der Waals surface area contributed by atoms with E-state index in [4.69, 9.17) is 0 Å². The van der Waals surface area contributed by atoms with Gasteiger partial charge in [-0.25, -0.2) is 87.8 Å². The Morgan fingerprint density at radius 1 is 0.224 bits per heavy atom. The van der Waals surface area contributed by atoms with Crippen LogP contribution >= 0.6 is 0 Å². The van der Waals surface area contributed by atoms with E-state index in [2.05, 4.69) is 0 Å². The van der Waals surface area contributed by atoms with Gasteiger partial charge in [-0.3, -0.25) is 0 Å². The highest BCUT2D eigenvalue weighted by Gasteiger charge is 2.51. The number of hydrogen-bond donors (Lipinski definition) is 0. The maximum Gasteiger partial charge on any atom is 0.200 e. The van der Waals surface area contributed by atoms with Crippen LogP contribution in [0, 0.1) is 116 Å². The van der Waals surface area contributed by atoms with Crippen molar-refractivity contribution in [1.82, 2.24) is 0 Å². The topological polar surface area (TPSA) is 0 Å². The van der Waals surface area contributed by atoms with E-state index < -0.39 is 167 Å². The molecule has 0 radical (unpaired) electrons. The standard InChI is InChI=1S/C28H2BF20/c30-3-1-4(31)14(35)9(13(3)34)29(10-15(36)5(32)2-6(33)16(10)37,12-22(43)26(47)28(49)27(48)23(12)44)11-17(38)7-8(18(39)21(11)42)20(41)25(46)24(45)19(7)40/h1-2H/q-1. The van der Waals surface area contributed by atoms with Crippen molar-refractivity contribution in [2.45, 2.75) is 0 Å². The van der Waals surface area contributed by atoms with Crippen molar-refractivity contribution in [3.63, 3.8) is 0 Å². The lowest BCUT2D eigenvalue weighted by molar-refractivity contribution is 0.383. The minimum atomic E-state index is -7.05. The normalized spacial score (nSPS) is 12.1. The lowest BCUT2D eigenvalue weighted by Crippen LogP contribution is -2.81. The van der Waals surface area contributed by atoms with Crippen molar-refractivity contribution < 1.29 is 87.8 Å². The van der Waals surface area contributed by atoms with Crippen LogP contribution in [0.15, 0.2) is 12.1 Å². The Kier molecular flexibility index (Phi) is 8.35. The van der Waals surface area contributed by atoms with Gasteiger partial charge in [0.2, 0.25) is 0 Å². The van der Waals surface area contributed by atoms with Crippen LogP contribution in [0.4, 0.5) is 87.8 Å². The van der Waals surface area contributed by atoms with Crippen molar-refractivity contribution in [1.29, 1.82) is 0 Å². The van der Waals surface area contributed by atoms with Crippen LogP contribution in [0.25, 0.3) is 10.8 Å². The molecule has 0 saturated heterocycles.